The van der Waals surface area contributed by atoms with Gasteiger partial charge in [-0.05, 0) is 33.6 Å². The predicted molar refractivity (Wildman–Crippen MR) is 81.7 cm³/mol. The molecule has 2 N–H and O–H groups in total. The van der Waals surface area contributed by atoms with Gasteiger partial charge in [0.25, 0.3) is 0 Å². The van der Waals surface area contributed by atoms with Crippen LogP contribution in [0.25, 0.3) is 0 Å². The molecule has 2 rings (SSSR count). The van der Waals surface area contributed by atoms with Crippen LogP contribution >= 0.6 is 15.9 Å². The SMILES string of the molecule is CN(C)C(=O)C(c1ccc(O)c(Br)c1)N1CCNCC1. The number of piperazine rings is 1. The predicted octanol–water partition coefficient (Wildman–Crippen LogP) is 1.19. The Morgan fingerprint density at radius 3 is 2.60 bits per heavy atom. The van der Waals surface area contributed by atoms with E-state index in [0.717, 1.165) is 31.7 Å². The number of benzene rings is 1. The summed E-state index contributed by atoms with van der Waals surface area (Å²) in [5.41, 5.74) is 0.898. The highest BCUT2D eigenvalue weighted by atomic mass is 79.9. The number of aromatic hydroxyl groups is 1. The third-order valence-electron chi connectivity index (χ3n) is 3.48. The smallest absolute Gasteiger partial charge is 0.244 e. The molecule has 1 saturated heterocycles. The van der Waals surface area contributed by atoms with Gasteiger partial charge in [-0.15, -0.1) is 0 Å². The van der Waals surface area contributed by atoms with Gasteiger partial charge in [-0.3, -0.25) is 9.69 Å². The largest absolute Gasteiger partial charge is 0.507 e. The monoisotopic (exact) mass is 341 g/mol. The van der Waals surface area contributed by atoms with Gasteiger partial charge in [0.15, 0.2) is 0 Å². The van der Waals surface area contributed by atoms with Gasteiger partial charge in [0.05, 0.1) is 4.47 Å². The molecule has 0 aromatic heterocycles. The number of amides is 1. The molecule has 1 amide bonds. The second kappa shape index (κ2) is 6.56. The van der Waals surface area contributed by atoms with Crippen LogP contribution in [0.4, 0.5) is 0 Å². The summed E-state index contributed by atoms with van der Waals surface area (Å²) in [4.78, 5) is 16.3. The first kappa shape index (κ1) is 15.3. The number of nitrogens with one attached hydrogen (secondary N) is 1. The van der Waals surface area contributed by atoms with E-state index in [9.17, 15) is 9.90 Å². The number of nitrogens with zero attached hydrogens (tertiary/aromatic N) is 2. The topological polar surface area (TPSA) is 55.8 Å². The molecule has 1 aromatic carbocycles. The molecule has 0 aliphatic carbocycles. The van der Waals surface area contributed by atoms with E-state index in [-0.39, 0.29) is 17.7 Å². The van der Waals surface area contributed by atoms with E-state index in [1.54, 1.807) is 25.1 Å². The summed E-state index contributed by atoms with van der Waals surface area (Å²) >= 11 is 3.32. The standard InChI is InChI=1S/C14H20BrN3O2/c1-17(2)14(20)13(18-7-5-16-6-8-18)10-3-4-12(19)11(15)9-10/h3-4,9,13,16,19H,5-8H2,1-2H3. The molecule has 1 aliphatic heterocycles. The average Bonchev–Trinajstić information content (AvgIpc) is 2.44. The average molecular weight is 342 g/mol. The molecule has 110 valence electrons. The number of carbonyl (C=O) groups excluding carboxylic acids is 1. The van der Waals surface area contributed by atoms with E-state index in [1.165, 1.54) is 0 Å². The Balaban J connectivity index is 2.34. The van der Waals surface area contributed by atoms with E-state index in [2.05, 4.69) is 26.1 Å². The quantitative estimate of drug-likeness (QED) is 0.867. The summed E-state index contributed by atoms with van der Waals surface area (Å²) < 4.78 is 0.613. The Morgan fingerprint density at radius 1 is 1.40 bits per heavy atom. The molecule has 0 saturated carbocycles. The van der Waals surface area contributed by atoms with Gasteiger partial charge in [0.1, 0.15) is 11.8 Å². The van der Waals surface area contributed by atoms with Gasteiger partial charge >= 0.3 is 0 Å². The normalized spacial score (nSPS) is 17.8. The zero-order valence-corrected chi connectivity index (χ0v) is 13.4. The summed E-state index contributed by atoms with van der Waals surface area (Å²) in [6.45, 7) is 3.44. The second-order valence-electron chi connectivity index (χ2n) is 5.13. The molecule has 1 aliphatic rings. The number of phenols is 1. The van der Waals surface area contributed by atoms with Gasteiger partial charge in [0, 0.05) is 40.3 Å². The summed E-state index contributed by atoms with van der Waals surface area (Å²) in [5.74, 6) is 0.245. The van der Waals surface area contributed by atoms with Crippen molar-refractivity contribution in [1.82, 2.24) is 15.1 Å². The minimum atomic E-state index is -0.302. The fourth-order valence-corrected chi connectivity index (χ4v) is 2.78. The van der Waals surface area contributed by atoms with Crippen LogP contribution in [0.3, 0.4) is 0 Å². The van der Waals surface area contributed by atoms with Crippen LogP contribution < -0.4 is 5.32 Å². The van der Waals surface area contributed by atoms with E-state index < -0.39 is 0 Å². The lowest BCUT2D eigenvalue weighted by molar-refractivity contribution is -0.135. The molecular formula is C14H20BrN3O2. The number of hydrogen-bond acceptors (Lipinski definition) is 4. The Labute approximate surface area is 127 Å². The van der Waals surface area contributed by atoms with Gasteiger partial charge in [-0.1, -0.05) is 6.07 Å². The minimum absolute atomic E-state index is 0.0597. The molecule has 1 unspecified atom stereocenters. The van der Waals surface area contributed by atoms with E-state index >= 15 is 0 Å². The lowest BCUT2D eigenvalue weighted by Gasteiger charge is -2.35. The van der Waals surface area contributed by atoms with Crippen LogP contribution in [0.1, 0.15) is 11.6 Å². The van der Waals surface area contributed by atoms with Crippen molar-refractivity contribution in [2.45, 2.75) is 6.04 Å². The van der Waals surface area contributed by atoms with E-state index in [1.807, 2.05) is 12.1 Å². The molecule has 6 heteroatoms. The molecular weight excluding hydrogens is 322 g/mol. The van der Waals surface area contributed by atoms with Crippen molar-refractivity contribution in [2.24, 2.45) is 0 Å². The number of phenolic OH excluding ortho intramolecular Hbond substituents is 1. The maximum atomic E-state index is 12.5. The fourth-order valence-electron chi connectivity index (χ4n) is 2.39. The zero-order valence-electron chi connectivity index (χ0n) is 11.8. The van der Waals surface area contributed by atoms with Crippen molar-refractivity contribution in [1.29, 1.82) is 0 Å². The third-order valence-corrected chi connectivity index (χ3v) is 4.11. The highest BCUT2D eigenvalue weighted by Crippen LogP contribution is 2.30. The van der Waals surface area contributed by atoms with Gasteiger partial charge in [0.2, 0.25) is 5.91 Å². The molecule has 0 bridgehead atoms. The first-order valence-electron chi connectivity index (χ1n) is 6.65. The summed E-state index contributed by atoms with van der Waals surface area (Å²) in [7, 11) is 3.54. The number of halogens is 1. The number of likely N-dealkylation sites (N-methyl/N-ethyl adjacent to an activating group) is 1. The zero-order chi connectivity index (χ0) is 14.7. The molecule has 1 aromatic rings. The number of carbonyl (C=O) groups is 1. The first-order chi connectivity index (χ1) is 9.50. The lowest BCUT2D eigenvalue weighted by Crippen LogP contribution is -2.49. The minimum Gasteiger partial charge on any atom is -0.507 e. The summed E-state index contributed by atoms with van der Waals surface area (Å²) in [6, 6.07) is 4.96. The van der Waals surface area contributed by atoms with Crippen LogP contribution in [0.2, 0.25) is 0 Å². The molecule has 0 radical (unpaired) electrons. The van der Waals surface area contributed by atoms with Crippen molar-refractivity contribution in [3.63, 3.8) is 0 Å². The van der Waals surface area contributed by atoms with Crippen LogP contribution in [0, 0.1) is 0 Å². The maximum Gasteiger partial charge on any atom is 0.244 e. The number of rotatable bonds is 3. The van der Waals surface area contributed by atoms with Crippen LogP contribution in [-0.4, -0.2) is 61.1 Å². The molecule has 1 heterocycles. The molecule has 1 fully saturated rings. The second-order valence-corrected chi connectivity index (χ2v) is 5.99. The van der Waals surface area contributed by atoms with Gasteiger partial charge in [-0.2, -0.15) is 0 Å². The van der Waals surface area contributed by atoms with Crippen LogP contribution in [-0.2, 0) is 4.79 Å². The fraction of sp³-hybridized carbons (Fsp3) is 0.500. The Hall–Kier alpha value is -1.11. The van der Waals surface area contributed by atoms with Crippen molar-refractivity contribution in [3.8, 4) is 5.75 Å². The molecule has 20 heavy (non-hydrogen) atoms. The first-order valence-corrected chi connectivity index (χ1v) is 7.44. The number of hydrogen-bond donors (Lipinski definition) is 2. The van der Waals surface area contributed by atoms with Crippen molar-refractivity contribution in [3.05, 3.63) is 28.2 Å². The van der Waals surface area contributed by atoms with Crippen molar-refractivity contribution >= 4 is 21.8 Å². The van der Waals surface area contributed by atoms with Crippen molar-refractivity contribution in [2.75, 3.05) is 40.3 Å². The Morgan fingerprint density at radius 2 is 2.05 bits per heavy atom. The highest BCUT2D eigenvalue weighted by molar-refractivity contribution is 9.10. The van der Waals surface area contributed by atoms with Crippen molar-refractivity contribution < 1.29 is 9.90 Å². The Kier molecular flexibility index (Phi) is 5.01. The van der Waals surface area contributed by atoms with E-state index in [4.69, 9.17) is 0 Å². The highest BCUT2D eigenvalue weighted by Gasteiger charge is 2.30. The van der Waals surface area contributed by atoms with E-state index in [0.29, 0.717) is 4.47 Å². The molecule has 1 atom stereocenters. The lowest BCUT2D eigenvalue weighted by atomic mass is 10.0. The van der Waals surface area contributed by atoms with Gasteiger partial charge < -0.3 is 15.3 Å². The molecule has 5 nitrogen and oxygen atoms in total. The summed E-state index contributed by atoms with van der Waals surface area (Å²) in [5, 5.41) is 12.9. The van der Waals surface area contributed by atoms with Crippen LogP contribution in [0.5, 0.6) is 5.75 Å². The third kappa shape index (κ3) is 3.31. The Bertz CT molecular complexity index is 487. The van der Waals surface area contributed by atoms with Crippen LogP contribution in [0.15, 0.2) is 22.7 Å². The molecule has 0 spiro atoms. The summed E-state index contributed by atoms with van der Waals surface area (Å²) in [6.07, 6.45) is 0. The van der Waals surface area contributed by atoms with Gasteiger partial charge in [-0.25, -0.2) is 0 Å². The maximum absolute atomic E-state index is 12.5.